The van der Waals surface area contributed by atoms with Crippen molar-refractivity contribution in [2.45, 2.75) is 24.8 Å². The molecule has 2 aromatic carbocycles. The number of hydrogen-bond donors (Lipinski definition) is 4. The normalized spacial score (nSPS) is 15.5. The summed E-state index contributed by atoms with van der Waals surface area (Å²) in [7, 11) is -4.31. The fraction of sp³-hybridized carbons (Fsp3) is 0.300. The lowest BCUT2D eigenvalue weighted by atomic mass is 10.1. The average Bonchev–Trinajstić information content (AvgIpc) is 2.69. The third kappa shape index (κ3) is 7.11. The molecule has 4 N–H and O–H groups in total. The van der Waals surface area contributed by atoms with Crippen molar-refractivity contribution in [2.24, 2.45) is 5.92 Å². The van der Waals surface area contributed by atoms with E-state index in [-0.39, 0.29) is 12.1 Å². The molecule has 31 heavy (non-hydrogen) atoms. The molecule has 0 radical (unpaired) electrons. The SMILES string of the molecule is O=C(O)CCC(CP(=O)(O)C(Nc1ccc(C(F)(F)F)cc1)c1ccccc1)C(=O)O. The van der Waals surface area contributed by atoms with Crippen LogP contribution in [-0.2, 0) is 20.3 Å². The smallest absolute Gasteiger partial charge is 0.416 e. The van der Waals surface area contributed by atoms with Crippen LogP contribution in [-0.4, -0.2) is 33.2 Å². The quantitative estimate of drug-likeness (QED) is 0.381. The average molecular weight is 459 g/mol. The number of aliphatic carboxylic acids is 2. The van der Waals surface area contributed by atoms with Gasteiger partial charge in [-0.1, -0.05) is 30.3 Å². The van der Waals surface area contributed by atoms with Crippen LogP contribution in [0.5, 0.6) is 0 Å². The van der Waals surface area contributed by atoms with E-state index in [9.17, 15) is 37.3 Å². The van der Waals surface area contributed by atoms with Gasteiger partial charge in [0.2, 0.25) is 7.37 Å². The van der Waals surface area contributed by atoms with Gasteiger partial charge in [-0.2, -0.15) is 13.2 Å². The fourth-order valence-corrected chi connectivity index (χ4v) is 5.15. The van der Waals surface area contributed by atoms with E-state index in [4.69, 9.17) is 5.11 Å². The first-order valence-electron chi connectivity index (χ1n) is 9.15. The summed E-state index contributed by atoms with van der Waals surface area (Å²) < 4.78 is 51.6. The molecule has 0 aliphatic heterocycles. The van der Waals surface area contributed by atoms with E-state index in [1.54, 1.807) is 18.2 Å². The standard InChI is InChI=1S/C20H21F3NO6P/c21-20(22,23)15-7-9-16(10-8-15)24-18(13-4-2-1-3-5-13)31(29,30)12-14(19(27)28)6-11-17(25)26/h1-5,7-10,14,18,24H,6,11-12H2,(H,25,26)(H,27,28)(H,29,30). The Morgan fingerprint density at radius 2 is 1.58 bits per heavy atom. The largest absolute Gasteiger partial charge is 0.481 e. The number of benzene rings is 2. The Morgan fingerprint density at radius 1 is 1.00 bits per heavy atom. The third-order valence-corrected chi connectivity index (χ3v) is 6.77. The zero-order valence-electron chi connectivity index (χ0n) is 16.1. The molecule has 3 atom stereocenters. The Balaban J connectivity index is 2.33. The van der Waals surface area contributed by atoms with Crippen molar-refractivity contribution in [1.29, 1.82) is 0 Å². The first-order valence-corrected chi connectivity index (χ1v) is 11.1. The summed E-state index contributed by atoms with van der Waals surface area (Å²) >= 11 is 0. The number of halogens is 3. The maximum absolute atomic E-state index is 13.2. The number of carbonyl (C=O) groups is 2. The van der Waals surface area contributed by atoms with E-state index in [2.05, 4.69) is 5.32 Å². The van der Waals surface area contributed by atoms with Crippen molar-refractivity contribution in [3.63, 3.8) is 0 Å². The molecule has 0 aromatic heterocycles. The Morgan fingerprint density at radius 3 is 2.06 bits per heavy atom. The molecule has 0 fully saturated rings. The monoisotopic (exact) mass is 459 g/mol. The van der Waals surface area contributed by atoms with Crippen molar-refractivity contribution >= 4 is 25.0 Å². The van der Waals surface area contributed by atoms with Gasteiger partial charge in [0.25, 0.3) is 0 Å². The molecule has 7 nitrogen and oxygen atoms in total. The molecule has 168 valence electrons. The van der Waals surface area contributed by atoms with Gasteiger partial charge in [0.15, 0.2) is 0 Å². The molecule has 0 spiro atoms. The molecule has 0 saturated heterocycles. The van der Waals surface area contributed by atoms with Crippen molar-refractivity contribution < 1.29 is 42.4 Å². The molecule has 0 aliphatic carbocycles. The number of nitrogens with one attached hydrogen (secondary N) is 1. The lowest BCUT2D eigenvalue weighted by Crippen LogP contribution is -2.23. The Kier molecular flexibility index (Phi) is 7.86. The number of rotatable bonds is 10. The summed E-state index contributed by atoms with van der Waals surface area (Å²) in [4.78, 5) is 33.0. The second-order valence-electron chi connectivity index (χ2n) is 6.94. The Bertz CT molecular complexity index is 950. The van der Waals surface area contributed by atoms with Crippen molar-refractivity contribution in [2.75, 3.05) is 11.5 Å². The highest BCUT2D eigenvalue weighted by molar-refractivity contribution is 7.58. The highest BCUT2D eigenvalue weighted by atomic mass is 31.2. The van der Waals surface area contributed by atoms with Crippen LogP contribution in [0.1, 0.15) is 29.8 Å². The summed E-state index contributed by atoms with van der Waals surface area (Å²) in [6, 6.07) is 11.8. The van der Waals surface area contributed by atoms with E-state index < -0.39 is 55.3 Å². The maximum Gasteiger partial charge on any atom is 0.416 e. The second-order valence-corrected chi connectivity index (χ2v) is 9.33. The summed E-state index contributed by atoms with van der Waals surface area (Å²) in [6.07, 6.45) is -6.07. The second kappa shape index (κ2) is 9.98. The first-order chi connectivity index (χ1) is 14.4. The summed E-state index contributed by atoms with van der Waals surface area (Å²) in [5, 5.41) is 20.9. The number of carboxylic acid groups (broad SMARTS) is 2. The molecule has 0 aliphatic rings. The minimum absolute atomic E-state index is 0.133. The molecule has 11 heteroatoms. The highest BCUT2D eigenvalue weighted by Gasteiger charge is 2.37. The van der Waals surface area contributed by atoms with Crippen LogP contribution >= 0.6 is 7.37 Å². The van der Waals surface area contributed by atoms with Gasteiger partial charge in [-0.15, -0.1) is 0 Å². The van der Waals surface area contributed by atoms with Gasteiger partial charge >= 0.3 is 18.1 Å². The zero-order valence-corrected chi connectivity index (χ0v) is 17.0. The van der Waals surface area contributed by atoms with Crippen LogP contribution in [0.3, 0.4) is 0 Å². The van der Waals surface area contributed by atoms with Gasteiger partial charge in [-0.25, -0.2) is 0 Å². The fourth-order valence-electron chi connectivity index (χ4n) is 2.98. The van der Waals surface area contributed by atoms with E-state index in [1.807, 2.05) is 0 Å². The lowest BCUT2D eigenvalue weighted by molar-refractivity contribution is -0.142. The predicted molar refractivity (Wildman–Crippen MR) is 107 cm³/mol. The summed E-state index contributed by atoms with van der Waals surface area (Å²) in [6.45, 7) is 0. The molecule has 0 heterocycles. The van der Waals surface area contributed by atoms with Gasteiger partial charge in [-0.05, 0) is 36.2 Å². The number of anilines is 1. The topological polar surface area (TPSA) is 124 Å². The molecular formula is C20H21F3NO6P. The van der Waals surface area contributed by atoms with Crippen LogP contribution < -0.4 is 5.32 Å². The van der Waals surface area contributed by atoms with Crippen LogP contribution in [0.25, 0.3) is 0 Å². The van der Waals surface area contributed by atoms with E-state index in [0.29, 0.717) is 5.56 Å². The van der Waals surface area contributed by atoms with Crippen LogP contribution in [0.4, 0.5) is 18.9 Å². The van der Waals surface area contributed by atoms with Crippen molar-refractivity contribution in [1.82, 2.24) is 0 Å². The predicted octanol–water partition coefficient (Wildman–Crippen LogP) is 4.65. The highest BCUT2D eigenvalue weighted by Crippen LogP contribution is 2.57. The van der Waals surface area contributed by atoms with Crippen LogP contribution in [0.2, 0.25) is 0 Å². The van der Waals surface area contributed by atoms with Gasteiger partial charge < -0.3 is 20.4 Å². The third-order valence-electron chi connectivity index (χ3n) is 4.57. The van der Waals surface area contributed by atoms with E-state index in [1.165, 1.54) is 12.1 Å². The van der Waals surface area contributed by atoms with Gasteiger partial charge in [-0.3, -0.25) is 14.2 Å². The van der Waals surface area contributed by atoms with Crippen LogP contribution in [0.15, 0.2) is 54.6 Å². The maximum atomic E-state index is 13.2. The number of hydrogen-bond acceptors (Lipinski definition) is 4. The Hall–Kier alpha value is -2.84. The van der Waals surface area contributed by atoms with Crippen LogP contribution in [0, 0.1) is 5.92 Å². The van der Waals surface area contributed by atoms with Crippen molar-refractivity contribution in [3.8, 4) is 0 Å². The van der Waals surface area contributed by atoms with E-state index in [0.717, 1.165) is 24.3 Å². The minimum Gasteiger partial charge on any atom is -0.481 e. The summed E-state index contributed by atoms with van der Waals surface area (Å²) in [5.41, 5.74) is -0.426. The first kappa shape index (κ1) is 24.4. The number of carboxylic acids is 2. The van der Waals surface area contributed by atoms with Gasteiger partial charge in [0.1, 0.15) is 5.78 Å². The molecule has 0 amide bonds. The molecule has 0 saturated carbocycles. The molecule has 3 unspecified atom stereocenters. The molecule has 2 rings (SSSR count). The molecular weight excluding hydrogens is 438 g/mol. The van der Waals surface area contributed by atoms with Gasteiger partial charge in [0, 0.05) is 18.3 Å². The van der Waals surface area contributed by atoms with Crippen molar-refractivity contribution in [3.05, 3.63) is 65.7 Å². The minimum atomic E-state index is -4.54. The van der Waals surface area contributed by atoms with Gasteiger partial charge in [0.05, 0.1) is 11.5 Å². The van der Waals surface area contributed by atoms with E-state index >= 15 is 0 Å². The summed E-state index contributed by atoms with van der Waals surface area (Å²) in [5.74, 6) is -5.33. The Labute approximate surface area is 176 Å². The molecule has 2 aromatic rings. The lowest BCUT2D eigenvalue weighted by Gasteiger charge is -2.27. The zero-order chi connectivity index (χ0) is 23.2. The molecule has 0 bridgehead atoms. The number of alkyl halides is 3.